The summed E-state index contributed by atoms with van der Waals surface area (Å²) in [6.45, 7) is 5.39. The number of allylic oxidation sites excluding steroid dienone is 1. The van der Waals surface area contributed by atoms with Gasteiger partial charge < -0.3 is 14.2 Å². The monoisotopic (exact) mass is 242 g/mol. The average Bonchev–Trinajstić information content (AvgIpc) is 2.56. The molecular weight excluding hydrogens is 224 g/mol. The number of Topliss-reactive ketones (excluding diaryl/α,β-unsaturated/α-hetero) is 1. The molecule has 0 aromatic carbocycles. The molecule has 0 aliphatic carbocycles. The first kappa shape index (κ1) is 13.9. The minimum atomic E-state index is -0.885. The molecule has 1 fully saturated rings. The lowest BCUT2D eigenvalue weighted by molar-refractivity contribution is -0.171. The van der Waals surface area contributed by atoms with Crippen LogP contribution in [-0.4, -0.2) is 36.9 Å². The van der Waals surface area contributed by atoms with E-state index in [-0.39, 0.29) is 24.9 Å². The second-order valence-corrected chi connectivity index (χ2v) is 4.19. The summed E-state index contributed by atoms with van der Waals surface area (Å²) in [6, 6.07) is 0. The molecule has 0 aromatic heterocycles. The van der Waals surface area contributed by atoms with Crippen molar-refractivity contribution in [3.63, 3.8) is 0 Å². The quantitative estimate of drug-likeness (QED) is 0.535. The molecule has 0 aromatic rings. The number of rotatable bonds is 5. The number of ketones is 1. The molecule has 1 heterocycles. The molecule has 1 aliphatic heterocycles. The first-order valence-corrected chi connectivity index (χ1v) is 5.56. The van der Waals surface area contributed by atoms with E-state index in [9.17, 15) is 9.59 Å². The van der Waals surface area contributed by atoms with E-state index in [0.717, 1.165) is 0 Å². The van der Waals surface area contributed by atoms with Crippen molar-refractivity contribution < 1.29 is 23.8 Å². The van der Waals surface area contributed by atoms with Gasteiger partial charge in [-0.15, -0.1) is 0 Å². The van der Waals surface area contributed by atoms with Crippen molar-refractivity contribution in [2.45, 2.75) is 39.1 Å². The van der Waals surface area contributed by atoms with Crippen molar-refractivity contribution in [3.8, 4) is 0 Å². The van der Waals surface area contributed by atoms with Gasteiger partial charge in [-0.05, 0) is 20.8 Å². The Hall–Kier alpha value is -1.20. The van der Waals surface area contributed by atoms with Gasteiger partial charge in [-0.2, -0.15) is 0 Å². The summed E-state index contributed by atoms with van der Waals surface area (Å²) >= 11 is 0. The van der Waals surface area contributed by atoms with Gasteiger partial charge >= 0.3 is 5.97 Å². The van der Waals surface area contributed by atoms with Gasteiger partial charge in [-0.25, -0.2) is 4.79 Å². The van der Waals surface area contributed by atoms with Crippen LogP contribution in [-0.2, 0) is 23.8 Å². The zero-order chi connectivity index (χ0) is 12.9. The van der Waals surface area contributed by atoms with Crippen LogP contribution < -0.4 is 0 Å². The maximum Gasteiger partial charge on any atom is 0.330 e. The lowest BCUT2D eigenvalue weighted by Crippen LogP contribution is -2.30. The van der Waals surface area contributed by atoms with Gasteiger partial charge in [-0.3, -0.25) is 4.79 Å². The zero-order valence-electron chi connectivity index (χ0n) is 10.4. The van der Waals surface area contributed by atoms with E-state index >= 15 is 0 Å². The third-order valence-electron chi connectivity index (χ3n) is 2.27. The van der Waals surface area contributed by atoms with Gasteiger partial charge in [0.2, 0.25) is 0 Å². The van der Waals surface area contributed by atoms with Crippen LogP contribution in [0.15, 0.2) is 12.2 Å². The molecule has 1 rings (SSSR count). The molecular formula is C12H18O5. The lowest BCUT2D eigenvalue weighted by Gasteiger charge is -2.21. The van der Waals surface area contributed by atoms with Crippen LogP contribution in [0.25, 0.3) is 0 Å². The first-order chi connectivity index (χ1) is 7.95. The van der Waals surface area contributed by atoms with Crippen molar-refractivity contribution in [3.05, 3.63) is 12.2 Å². The standard InChI is InChI=1S/C12H18O5/c1-4-5-11(14)15-7-10-8-16-12(3,17-10)6-9(2)13/h4-5,10H,6-8H2,1-3H3. The maximum atomic E-state index is 11.1. The number of carbonyl (C=O) groups excluding carboxylic acids is 2. The van der Waals surface area contributed by atoms with E-state index in [1.807, 2.05) is 0 Å². The second-order valence-electron chi connectivity index (χ2n) is 4.19. The number of hydrogen-bond donors (Lipinski definition) is 0. The van der Waals surface area contributed by atoms with Crippen molar-refractivity contribution >= 4 is 11.8 Å². The van der Waals surface area contributed by atoms with Crippen LogP contribution in [0.2, 0.25) is 0 Å². The summed E-state index contributed by atoms with van der Waals surface area (Å²) in [6.07, 6.45) is 2.83. The zero-order valence-corrected chi connectivity index (χ0v) is 10.4. The third-order valence-corrected chi connectivity index (χ3v) is 2.27. The van der Waals surface area contributed by atoms with Gasteiger partial charge in [0.1, 0.15) is 18.5 Å². The fourth-order valence-corrected chi connectivity index (χ4v) is 1.68. The lowest BCUT2D eigenvalue weighted by atomic mass is 10.2. The van der Waals surface area contributed by atoms with E-state index < -0.39 is 11.8 Å². The van der Waals surface area contributed by atoms with Gasteiger partial charge in [0.15, 0.2) is 5.79 Å². The van der Waals surface area contributed by atoms with Gasteiger partial charge in [0.05, 0.1) is 13.0 Å². The predicted molar refractivity (Wildman–Crippen MR) is 60.3 cm³/mol. The van der Waals surface area contributed by atoms with E-state index in [2.05, 4.69) is 0 Å². The summed E-state index contributed by atoms with van der Waals surface area (Å²) in [5.74, 6) is -1.29. The summed E-state index contributed by atoms with van der Waals surface area (Å²) in [4.78, 5) is 22.1. The van der Waals surface area contributed by atoms with Crippen LogP contribution in [0.3, 0.4) is 0 Å². The van der Waals surface area contributed by atoms with Crippen LogP contribution >= 0.6 is 0 Å². The summed E-state index contributed by atoms with van der Waals surface area (Å²) in [5.41, 5.74) is 0. The van der Waals surface area contributed by atoms with Crippen molar-refractivity contribution in [1.29, 1.82) is 0 Å². The van der Waals surface area contributed by atoms with Crippen LogP contribution in [0.4, 0.5) is 0 Å². The van der Waals surface area contributed by atoms with Crippen molar-refractivity contribution in [1.82, 2.24) is 0 Å². The highest BCUT2D eigenvalue weighted by Crippen LogP contribution is 2.27. The Labute approximate surface area is 101 Å². The first-order valence-electron chi connectivity index (χ1n) is 5.56. The largest absolute Gasteiger partial charge is 0.460 e. The van der Waals surface area contributed by atoms with Gasteiger partial charge in [-0.1, -0.05) is 6.08 Å². The molecule has 17 heavy (non-hydrogen) atoms. The maximum absolute atomic E-state index is 11.1. The van der Waals surface area contributed by atoms with E-state index in [1.54, 1.807) is 19.9 Å². The highest BCUT2D eigenvalue weighted by Gasteiger charge is 2.38. The number of esters is 1. The Morgan fingerprint density at radius 3 is 2.82 bits per heavy atom. The summed E-state index contributed by atoms with van der Waals surface area (Å²) in [7, 11) is 0. The van der Waals surface area contributed by atoms with Crippen molar-refractivity contribution in [2.24, 2.45) is 0 Å². The number of ether oxygens (including phenoxy) is 3. The predicted octanol–water partition coefficient (Wildman–Crippen LogP) is 1.22. The molecule has 2 atom stereocenters. The smallest absolute Gasteiger partial charge is 0.330 e. The minimum Gasteiger partial charge on any atom is -0.460 e. The Kier molecular flexibility index (Phi) is 4.84. The second kappa shape index (κ2) is 5.93. The molecule has 0 bridgehead atoms. The molecule has 0 N–H and O–H groups in total. The topological polar surface area (TPSA) is 61.8 Å². The van der Waals surface area contributed by atoms with Crippen LogP contribution in [0.5, 0.6) is 0 Å². The molecule has 5 heteroatoms. The Morgan fingerprint density at radius 1 is 1.53 bits per heavy atom. The highest BCUT2D eigenvalue weighted by atomic mass is 16.7. The summed E-state index contributed by atoms with van der Waals surface area (Å²) < 4.78 is 15.9. The normalized spacial score (nSPS) is 28.5. The Morgan fingerprint density at radius 2 is 2.24 bits per heavy atom. The molecule has 5 nitrogen and oxygen atoms in total. The average molecular weight is 242 g/mol. The fraction of sp³-hybridized carbons (Fsp3) is 0.667. The number of hydrogen-bond acceptors (Lipinski definition) is 5. The van der Waals surface area contributed by atoms with Crippen LogP contribution in [0.1, 0.15) is 27.2 Å². The molecule has 96 valence electrons. The van der Waals surface area contributed by atoms with Gasteiger partial charge in [0.25, 0.3) is 0 Å². The third kappa shape index (κ3) is 4.66. The van der Waals surface area contributed by atoms with E-state index in [1.165, 1.54) is 13.0 Å². The van der Waals surface area contributed by atoms with Crippen molar-refractivity contribution in [2.75, 3.05) is 13.2 Å². The minimum absolute atomic E-state index is 0.000869. The molecule has 0 spiro atoms. The molecule has 1 aliphatic rings. The number of carbonyl (C=O) groups is 2. The highest BCUT2D eigenvalue weighted by molar-refractivity contribution is 5.81. The van der Waals surface area contributed by atoms with Crippen LogP contribution in [0, 0.1) is 0 Å². The molecule has 0 saturated carbocycles. The molecule has 0 radical (unpaired) electrons. The summed E-state index contributed by atoms with van der Waals surface area (Å²) in [5, 5.41) is 0. The van der Waals surface area contributed by atoms with E-state index in [4.69, 9.17) is 14.2 Å². The van der Waals surface area contributed by atoms with Gasteiger partial charge in [0, 0.05) is 6.08 Å². The molecule has 2 unspecified atom stereocenters. The van der Waals surface area contributed by atoms with E-state index in [0.29, 0.717) is 6.61 Å². The SMILES string of the molecule is CC=CC(=O)OCC1COC(C)(CC(C)=O)O1. The molecule has 0 amide bonds. The Bertz CT molecular complexity index is 323. The molecule has 1 saturated heterocycles. The fourth-order valence-electron chi connectivity index (χ4n) is 1.68. The Balaban J connectivity index is 2.35.